The summed E-state index contributed by atoms with van der Waals surface area (Å²) in [5.41, 5.74) is 4.14. The van der Waals surface area contributed by atoms with E-state index in [0.717, 1.165) is 81.3 Å². The molecule has 3 atom stereocenters. The van der Waals surface area contributed by atoms with Gasteiger partial charge in [0, 0.05) is 67.5 Å². The van der Waals surface area contributed by atoms with Gasteiger partial charge >= 0.3 is 6.03 Å². The molecule has 3 aliphatic heterocycles. The summed E-state index contributed by atoms with van der Waals surface area (Å²) >= 11 is 0. The lowest BCUT2D eigenvalue weighted by Gasteiger charge is -2.58. The van der Waals surface area contributed by atoms with Gasteiger partial charge in [0.25, 0.3) is 0 Å². The average molecular weight is 565 g/mol. The first-order valence-corrected chi connectivity index (χ1v) is 15.1. The highest BCUT2D eigenvalue weighted by molar-refractivity contribution is 5.89. The van der Waals surface area contributed by atoms with Crippen LogP contribution in [0, 0.1) is 11.8 Å². The molecule has 0 aliphatic carbocycles. The Balaban J connectivity index is 1.21. The van der Waals surface area contributed by atoms with Crippen molar-refractivity contribution in [3.8, 4) is 17.6 Å². The van der Waals surface area contributed by atoms with Gasteiger partial charge in [-0.15, -0.1) is 0 Å². The number of hydrogen-bond acceptors (Lipinski definition) is 5. The minimum Gasteiger partial charge on any atom is -0.497 e. The summed E-state index contributed by atoms with van der Waals surface area (Å²) in [5.74, 6) is 7.71. The second kappa shape index (κ2) is 13.4. The lowest BCUT2D eigenvalue weighted by Crippen LogP contribution is -2.69. The number of anilines is 1. The number of benzene rings is 3. The Morgan fingerprint density at radius 3 is 2.29 bits per heavy atom. The molecule has 3 heterocycles. The number of carbonyl (C=O) groups is 1. The molecule has 3 fully saturated rings. The van der Waals surface area contributed by atoms with E-state index in [1.807, 2.05) is 59.5 Å². The summed E-state index contributed by atoms with van der Waals surface area (Å²) in [7, 11) is 1.65. The van der Waals surface area contributed by atoms with Gasteiger partial charge in [-0.25, -0.2) is 4.79 Å². The van der Waals surface area contributed by atoms with Gasteiger partial charge in [0.2, 0.25) is 0 Å². The van der Waals surface area contributed by atoms with Gasteiger partial charge in [-0.3, -0.25) is 9.80 Å². The van der Waals surface area contributed by atoms with Crippen molar-refractivity contribution >= 4 is 11.7 Å². The molecular weight excluding hydrogens is 524 g/mol. The molecule has 0 aromatic heterocycles. The highest BCUT2D eigenvalue weighted by Gasteiger charge is 2.50. The van der Waals surface area contributed by atoms with Crippen LogP contribution in [0.4, 0.5) is 10.5 Å². The van der Waals surface area contributed by atoms with E-state index >= 15 is 0 Å². The Morgan fingerprint density at radius 1 is 0.881 bits per heavy atom. The summed E-state index contributed by atoms with van der Waals surface area (Å²) in [6.45, 7) is 7.13. The second-order valence-electron chi connectivity index (χ2n) is 11.4. The van der Waals surface area contributed by atoms with Gasteiger partial charge in [-0.1, -0.05) is 42.2 Å². The molecule has 42 heavy (non-hydrogen) atoms. The minimum absolute atomic E-state index is 0.0380. The van der Waals surface area contributed by atoms with Crippen LogP contribution in [0.3, 0.4) is 0 Å². The van der Waals surface area contributed by atoms with Crippen LogP contribution in [-0.2, 0) is 4.74 Å². The van der Waals surface area contributed by atoms with Gasteiger partial charge < -0.3 is 19.7 Å². The van der Waals surface area contributed by atoms with Crippen LogP contribution in [0.25, 0.3) is 0 Å². The zero-order valence-corrected chi connectivity index (χ0v) is 24.4. The Labute approximate surface area is 249 Å². The first kappa shape index (κ1) is 28.3. The Kier molecular flexibility index (Phi) is 9.05. The molecule has 7 heteroatoms. The molecule has 0 bridgehead atoms. The molecular formula is C35H40N4O3. The predicted octanol–water partition coefficient (Wildman–Crippen LogP) is 4.89. The molecule has 2 amide bonds. The number of amides is 2. The monoisotopic (exact) mass is 564 g/mol. The van der Waals surface area contributed by atoms with Crippen LogP contribution in [-0.4, -0.2) is 92.4 Å². The first-order valence-electron chi connectivity index (χ1n) is 15.1. The fourth-order valence-corrected chi connectivity index (χ4v) is 6.50. The minimum atomic E-state index is -0.0380. The van der Waals surface area contributed by atoms with Crippen LogP contribution >= 0.6 is 0 Å². The summed E-state index contributed by atoms with van der Waals surface area (Å²) in [6.07, 6.45) is 2.09. The van der Waals surface area contributed by atoms with Crippen molar-refractivity contribution in [2.45, 2.75) is 30.8 Å². The quantitative estimate of drug-likeness (QED) is 0.448. The molecule has 218 valence electrons. The molecule has 3 aliphatic rings. The Hall–Kier alpha value is -3.83. The maximum atomic E-state index is 13.5. The molecule has 0 unspecified atom stereocenters. The maximum absolute atomic E-state index is 13.5. The van der Waals surface area contributed by atoms with E-state index in [1.54, 1.807) is 7.11 Å². The van der Waals surface area contributed by atoms with E-state index in [4.69, 9.17) is 9.47 Å². The van der Waals surface area contributed by atoms with Gasteiger partial charge in [0.05, 0.1) is 20.3 Å². The number of rotatable bonds is 5. The van der Waals surface area contributed by atoms with Crippen molar-refractivity contribution in [3.05, 3.63) is 95.6 Å². The SMILES string of the molecule is COc1ccc(NC(=O)N2CCCCN3[C@@H](CN4CCOCC4)[C@H](c4ccc(C#Cc5ccccc5)cc4)[C@@H]3C2)cc1. The number of methoxy groups -OCH3 is 1. The third-order valence-corrected chi connectivity index (χ3v) is 8.78. The van der Waals surface area contributed by atoms with Crippen LogP contribution in [0.2, 0.25) is 0 Å². The highest BCUT2D eigenvalue weighted by Crippen LogP contribution is 2.42. The normalized spacial score (nSPS) is 22.9. The standard InChI is InChI=1S/C35H40N4O3/c1-41-31-17-15-30(16-18-31)36-35(40)38-19-5-6-20-39-32(25-37-21-23-42-24-22-37)34(33(39)26-38)29-13-11-28(12-14-29)10-9-27-7-3-2-4-8-27/h2-4,7-8,11-18,32-34H,5-6,19-26H2,1H3,(H,36,40)/t32-,33-,34-/m0/s1. The second-order valence-corrected chi connectivity index (χ2v) is 11.4. The van der Waals surface area contributed by atoms with Crippen molar-refractivity contribution in [1.82, 2.24) is 14.7 Å². The molecule has 1 N–H and O–H groups in total. The molecule has 6 rings (SSSR count). The van der Waals surface area contributed by atoms with Crippen molar-refractivity contribution in [2.75, 3.05) is 64.9 Å². The zero-order valence-electron chi connectivity index (χ0n) is 24.4. The van der Waals surface area contributed by atoms with Gasteiger partial charge in [-0.2, -0.15) is 0 Å². The van der Waals surface area contributed by atoms with E-state index in [1.165, 1.54) is 5.56 Å². The predicted molar refractivity (Wildman–Crippen MR) is 166 cm³/mol. The van der Waals surface area contributed by atoms with E-state index in [9.17, 15) is 4.79 Å². The summed E-state index contributed by atoms with van der Waals surface area (Å²) in [4.78, 5) is 20.7. The van der Waals surface area contributed by atoms with Crippen LogP contribution < -0.4 is 10.1 Å². The molecule has 0 saturated carbocycles. The Morgan fingerprint density at radius 2 is 1.57 bits per heavy atom. The fourth-order valence-electron chi connectivity index (χ4n) is 6.50. The lowest BCUT2D eigenvalue weighted by molar-refractivity contribution is -0.0619. The Bertz CT molecular complexity index is 1380. The van der Waals surface area contributed by atoms with E-state index < -0.39 is 0 Å². The number of fused-ring (bicyclic) bond motifs is 1. The van der Waals surface area contributed by atoms with Crippen molar-refractivity contribution in [1.29, 1.82) is 0 Å². The fraction of sp³-hybridized carbons (Fsp3) is 0.400. The van der Waals surface area contributed by atoms with Crippen LogP contribution in [0.5, 0.6) is 5.75 Å². The maximum Gasteiger partial charge on any atom is 0.321 e. The number of nitrogens with one attached hydrogen (secondary N) is 1. The number of nitrogens with zero attached hydrogens (tertiary/aromatic N) is 3. The number of morpholine rings is 1. The van der Waals surface area contributed by atoms with E-state index in [2.05, 4.69) is 51.2 Å². The average Bonchev–Trinajstić information content (AvgIpc) is 3.02. The number of carbonyl (C=O) groups excluding carboxylic acids is 1. The number of hydrogen-bond donors (Lipinski definition) is 1. The van der Waals surface area contributed by atoms with Gasteiger partial charge in [0.15, 0.2) is 0 Å². The van der Waals surface area contributed by atoms with Crippen molar-refractivity contribution in [3.63, 3.8) is 0 Å². The topological polar surface area (TPSA) is 57.3 Å². The van der Waals surface area contributed by atoms with Crippen LogP contribution in [0.15, 0.2) is 78.9 Å². The highest BCUT2D eigenvalue weighted by atomic mass is 16.5. The summed E-state index contributed by atoms with van der Waals surface area (Å²) in [6, 6.07) is 27.1. The molecule has 0 radical (unpaired) electrons. The molecule has 0 spiro atoms. The molecule has 3 aromatic rings. The smallest absolute Gasteiger partial charge is 0.321 e. The third kappa shape index (κ3) is 6.63. The first-order chi connectivity index (χ1) is 20.7. The lowest BCUT2D eigenvalue weighted by atomic mass is 9.73. The number of ether oxygens (including phenoxy) is 2. The van der Waals surface area contributed by atoms with Gasteiger partial charge in [-0.05, 0) is 73.5 Å². The third-order valence-electron chi connectivity index (χ3n) is 8.78. The molecule has 3 saturated heterocycles. The zero-order chi connectivity index (χ0) is 28.7. The largest absolute Gasteiger partial charge is 0.497 e. The van der Waals surface area contributed by atoms with E-state index in [0.29, 0.717) is 18.5 Å². The van der Waals surface area contributed by atoms with E-state index in [-0.39, 0.29) is 12.1 Å². The van der Waals surface area contributed by atoms with Gasteiger partial charge in [0.1, 0.15) is 5.75 Å². The molecule has 3 aromatic carbocycles. The molecule has 7 nitrogen and oxygen atoms in total. The summed E-state index contributed by atoms with van der Waals surface area (Å²) < 4.78 is 10.9. The number of urea groups is 1. The van der Waals surface area contributed by atoms with Crippen molar-refractivity contribution < 1.29 is 14.3 Å². The summed E-state index contributed by atoms with van der Waals surface area (Å²) in [5, 5.41) is 3.11. The van der Waals surface area contributed by atoms with Crippen LogP contribution in [0.1, 0.15) is 35.4 Å². The van der Waals surface area contributed by atoms with Crippen molar-refractivity contribution in [2.24, 2.45) is 0 Å².